The zero-order chi connectivity index (χ0) is 18.8. The number of nitrogens with one attached hydrogen (secondary N) is 1. The minimum atomic E-state index is -0.419. The first-order valence-electron chi connectivity index (χ1n) is 8.63. The van der Waals surface area contributed by atoms with E-state index in [1.165, 1.54) is 10.6 Å². The van der Waals surface area contributed by atoms with Gasteiger partial charge in [0.2, 0.25) is 0 Å². The number of aromatic amines is 1. The Labute approximate surface area is 156 Å². The number of fused-ring (bicyclic) bond motifs is 1. The lowest BCUT2D eigenvalue weighted by atomic mass is 10.1. The van der Waals surface area contributed by atoms with E-state index in [2.05, 4.69) is 10.1 Å². The normalized spacial score (nSPS) is 12.1. The number of hydrogen-bond donors (Lipinski definition) is 1. The molecule has 0 fully saturated rings. The van der Waals surface area contributed by atoms with Crippen LogP contribution in [-0.2, 0) is 0 Å². The molecule has 2 heterocycles. The van der Waals surface area contributed by atoms with Gasteiger partial charge >= 0.3 is 0 Å². The standard InChI is InChI=1S/C21H19N3O3/c1-14(27-19-11-7-6-10-18(19)26-2)17-12-20(25)24-21(23-17)16(13-22-24)15-8-4-3-5-9-15/h3-14,22H,1-2H3/t14-/m1/s1. The summed E-state index contributed by atoms with van der Waals surface area (Å²) in [6.07, 6.45) is 1.37. The van der Waals surface area contributed by atoms with Gasteiger partial charge < -0.3 is 9.47 Å². The molecule has 0 amide bonds. The molecule has 0 aliphatic heterocycles. The molecule has 6 heteroatoms. The summed E-state index contributed by atoms with van der Waals surface area (Å²) < 4.78 is 12.8. The highest BCUT2D eigenvalue weighted by atomic mass is 16.5. The molecule has 0 saturated carbocycles. The molecule has 0 radical (unpaired) electrons. The van der Waals surface area contributed by atoms with E-state index in [0.29, 0.717) is 22.8 Å². The van der Waals surface area contributed by atoms with Crippen LogP contribution >= 0.6 is 0 Å². The minimum absolute atomic E-state index is 0.187. The summed E-state index contributed by atoms with van der Waals surface area (Å²) in [5.41, 5.74) is 2.78. The smallest absolute Gasteiger partial charge is 0.273 e. The van der Waals surface area contributed by atoms with E-state index in [1.807, 2.05) is 61.5 Å². The van der Waals surface area contributed by atoms with Gasteiger partial charge in [-0.2, -0.15) is 0 Å². The van der Waals surface area contributed by atoms with E-state index >= 15 is 0 Å². The molecule has 1 N–H and O–H groups in total. The average molecular weight is 361 g/mol. The summed E-state index contributed by atoms with van der Waals surface area (Å²) in [5.74, 6) is 1.24. The number of ether oxygens (including phenoxy) is 2. The highest BCUT2D eigenvalue weighted by Crippen LogP contribution is 2.30. The van der Waals surface area contributed by atoms with Crippen molar-refractivity contribution in [3.8, 4) is 22.6 Å². The summed E-state index contributed by atoms with van der Waals surface area (Å²) in [7, 11) is 1.59. The second kappa shape index (κ2) is 6.99. The van der Waals surface area contributed by atoms with E-state index in [4.69, 9.17) is 9.47 Å². The number of H-pyrrole nitrogens is 1. The predicted octanol–water partition coefficient (Wildman–Crippen LogP) is 3.84. The average Bonchev–Trinajstić information content (AvgIpc) is 3.13. The van der Waals surface area contributed by atoms with Crippen LogP contribution in [0, 0.1) is 0 Å². The molecule has 0 bridgehead atoms. The number of nitrogens with zero attached hydrogens (tertiary/aromatic N) is 2. The molecule has 0 aliphatic rings. The fourth-order valence-corrected chi connectivity index (χ4v) is 3.00. The van der Waals surface area contributed by atoms with Gasteiger partial charge in [-0.1, -0.05) is 42.5 Å². The lowest BCUT2D eigenvalue weighted by Gasteiger charge is -2.16. The van der Waals surface area contributed by atoms with Crippen LogP contribution < -0.4 is 15.0 Å². The third-order valence-electron chi connectivity index (χ3n) is 4.39. The zero-order valence-corrected chi connectivity index (χ0v) is 15.0. The van der Waals surface area contributed by atoms with Crippen LogP contribution in [0.1, 0.15) is 18.7 Å². The van der Waals surface area contributed by atoms with Crippen LogP contribution in [0.2, 0.25) is 0 Å². The molecule has 2 aromatic heterocycles. The maximum atomic E-state index is 12.5. The summed E-state index contributed by atoms with van der Waals surface area (Å²) in [4.78, 5) is 17.2. The summed E-state index contributed by atoms with van der Waals surface area (Å²) in [6, 6.07) is 18.7. The summed E-state index contributed by atoms with van der Waals surface area (Å²) >= 11 is 0. The van der Waals surface area contributed by atoms with Crippen molar-refractivity contribution in [2.45, 2.75) is 13.0 Å². The monoisotopic (exact) mass is 361 g/mol. The van der Waals surface area contributed by atoms with Crippen LogP contribution in [0.5, 0.6) is 11.5 Å². The van der Waals surface area contributed by atoms with Crippen molar-refractivity contribution >= 4 is 5.65 Å². The number of rotatable bonds is 5. The lowest BCUT2D eigenvalue weighted by molar-refractivity contribution is 0.211. The summed E-state index contributed by atoms with van der Waals surface area (Å²) in [5, 5.41) is 2.97. The number of para-hydroxylation sites is 2. The molecule has 4 aromatic rings. The van der Waals surface area contributed by atoms with Crippen molar-refractivity contribution in [1.29, 1.82) is 0 Å². The van der Waals surface area contributed by atoms with Gasteiger partial charge in [0.15, 0.2) is 17.1 Å². The minimum Gasteiger partial charge on any atom is -0.493 e. The van der Waals surface area contributed by atoms with Gasteiger partial charge in [-0.25, -0.2) is 9.50 Å². The van der Waals surface area contributed by atoms with Gasteiger partial charge in [0.25, 0.3) is 5.56 Å². The van der Waals surface area contributed by atoms with Crippen LogP contribution in [-0.4, -0.2) is 21.7 Å². The molecule has 6 nitrogen and oxygen atoms in total. The quantitative estimate of drug-likeness (QED) is 0.586. The van der Waals surface area contributed by atoms with E-state index in [9.17, 15) is 4.79 Å². The van der Waals surface area contributed by atoms with Crippen LogP contribution in [0.25, 0.3) is 16.8 Å². The molecular formula is C21H19N3O3. The lowest BCUT2D eigenvalue weighted by Crippen LogP contribution is -2.18. The molecule has 2 aromatic carbocycles. The number of benzene rings is 2. The van der Waals surface area contributed by atoms with Crippen molar-refractivity contribution in [2.24, 2.45) is 0 Å². The Morgan fingerprint density at radius 2 is 1.74 bits per heavy atom. The van der Waals surface area contributed by atoms with E-state index < -0.39 is 6.10 Å². The largest absolute Gasteiger partial charge is 0.493 e. The van der Waals surface area contributed by atoms with Gasteiger partial charge in [0.05, 0.1) is 12.8 Å². The van der Waals surface area contributed by atoms with Crippen LogP contribution in [0.15, 0.2) is 71.7 Å². The molecule has 1 atom stereocenters. The zero-order valence-electron chi connectivity index (χ0n) is 15.0. The maximum Gasteiger partial charge on any atom is 0.273 e. The summed E-state index contributed by atoms with van der Waals surface area (Å²) in [6.45, 7) is 1.86. The number of hydrogen-bond acceptors (Lipinski definition) is 4. The Balaban J connectivity index is 1.75. The Morgan fingerprint density at radius 1 is 1.04 bits per heavy atom. The molecule has 0 saturated heterocycles. The molecular weight excluding hydrogens is 342 g/mol. The first-order chi connectivity index (χ1) is 13.2. The fourth-order valence-electron chi connectivity index (χ4n) is 3.00. The van der Waals surface area contributed by atoms with Gasteiger partial charge in [-0.3, -0.25) is 9.89 Å². The van der Waals surface area contributed by atoms with Crippen molar-refractivity contribution in [3.05, 3.63) is 82.9 Å². The second-order valence-corrected chi connectivity index (χ2v) is 6.14. The molecule has 136 valence electrons. The highest BCUT2D eigenvalue weighted by molar-refractivity contribution is 5.76. The Bertz CT molecular complexity index is 1130. The van der Waals surface area contributed by atoms with Crippen molar-refractivity contribution < 1.29 is 9.47 Å². The Kier molecular flexibility index (Phi) is 4.38. The topological polar surface area (TPSA) is 68.6 Å². The molecule has 0 spiro atoms. The van der Waals surface area contributed by atoms with Gasteiger partial charge in [-0.05, 0) is 24.6 Å². The number of aromatic nitrogens is 3. The van der Waals surface area contributed by atoms with Crippen molar-refractivity contribution in [3.63, 3.8) is 0 Å². The van der Waals surface area contributed by atoms with Crippen LogP contribution in [0.4, 0.5) is 0 Å². The van der Waals surface area contributed by atoms with E-state index in [-0.39, 0.29) is 5.56 Å². The fraction of sp³-hybridized carbons (Fsp3) is 0.143. The third kappa shape index (κ3) is 3.17. The van der Waals surface area contributed by atoms with Gasteiger partial charge in [0.1, 0.15) is 6.10 Å². The van der Waals surface area contributed by atoms with Gasteiger partial charge in [0, 0.05) is 17.8 Å². The van der Waals surface area contributed by atoms with E-state index in [1.54, 1.807) is 13.3 Å². The predicted molar refractivity (Wildman–Crippen MR) is 103 cm³/mol. The van der Waals surface area contributed by atoms with Crippen molar-refractivity contribution in [2.75, 3.05) is 7.11 Å². The Hall–Kier alpha value is -3.54. The molecule has 0 aliphatic carbocycles. The van der Waals surface area contributed by atoms with E-state index in [0.717, 1.165) is 11.1 Å². The SMILES string of the molecule is COc1ccccc1O[C@H](C)c1cc(=O)n2[nH]cc(-c3ccccc3)c2n1. The number of methoxy groups -OCH3 is 1. The molecule has 27 heavy (non-hydrogen) atoms. The maximum absolute atomic E-state index is 12.5. The molecule has 4 rings (SSSR count). The Morgan fingerprint density at radius 3 is 2.48 bits per heavy atom. The molecule has 0 unspecified atom stereocenters. The van der Waals surface area contributed by atoms with Gasteiger partial charge in [-0.15, -0.1) is 0 Å². The van der Waals surface area contributed by atoms with Crippen LogP contribution in [0.3, 0.4) is 0 Å². The first-order valence-corrected chi connectivity index (χ1v) is 8.63. The third-order valence-corrected chi connectivity index (χ3v) is 4.39. The first kappa shape index (κ1) is 16.9. The van der Waals surface area contributed by atoms with Crippen molar-refractivity contribution in [1.82, 2.24) is 14.6 Å². The second-order valence-electron chi connectivity index (χ2n) is 6.14. The highest BCUT2D eigenvalue weighted by Gasteiger charge is 2.16.